The molecule has 1 aliphatic rings. The van der Waals surface area contributed by atoms with Crippen LogP contribution in [0.15, 0.2) is 27.2 Å². The summed E-state index contributed by atoms with van der Waals surface area (Å²) < 4.78 is 11.1. The quantitative estimate of drug-likeness (QED) is 0.850. The molecule has 0 amide bonds. The van der Waals surface area contributed by atoms with E-state index in [1.807, 2.05) is 19.1 Å². The number of thioether (sulfide) groups is 1. The molecule has 3 heterocycles. The molecule has 0 saturated carbocycles. The predicted molar refractivity (Wildman–Crippen MR) is 75.8 cm³/mol. The molecule has 106 valence electrons. The zero-order valence-electron chi connectivity index (χ0n) is 10.7. The Labute approximate surface area is 123 Å². The number of hydrogen-bond donors (Lipinski definition) is 1. The van der Waals surface area contributed by atoms with Gasteiger partial charge < -0.3 is 14.5 Å². The normalized spacial score (nSPS) is 21.9. The van der Waals surface area contributed by atoms with Crippen molar-refractivity contribution in [3.05, 3.63) is 24.2 Å². The number of hydrogen-bond acceptors (Lipinski definition) is 8. The highest BCUT2D eigenvalue weighted by atomic mass is 32.2. The van der Waals surface area contributed by atoms with Crippen molar-refractivity contribution in [3.8, 4) is 0 Å². The third-order valence-corrected chi connectivity index (χ3v) is 4.94. The lowest BCUT2D eigenvalue weighted by atomic mass is 10.3. The predicted octanol–water partition coefficient (Wildman–Crippen LogP) is 2.54. The van der Waals surface area contributed by atoms with Gasteiger partial charge in [0.15, 0.2) is 4.34 Å². The monoisotopic (exact) mass is 311 g/mol. The highest BCUT2D eigenvalue weighted by Crippen LogP contribution is 2.34. The number of carbonyl (C=O) groups is 1. The fourth-order valence-electron chi connectivity index (χ4n) is 1.84. The van der Waals surface area contributed by atoms with Gasteiger partial charge >= 0.3 is 5.97 Å². The summed E-state index contributed by atoms with van der Waals surface area (Å²) in [5.41, 5.74) is 0. The summed E-state index contributed by atoms with van der Waals surface area (Å²) in [5, 5.41) is 11.8. The zero-order valence-corrected chi connectivity index (χ0v) is 12.4. The van der Waals surface area contributed by atoms with Gasteiger partial charge in [-0.05, 0) is 19.1 Å². The van der Waals surface area contributed by atoms with E-state index >= 15 is 0 Å². The number of cyclic esters (lactones) is 1. The first kappa shape index (κ1) is 13.4. The van der Waals surface area contributed by atoms with E-state index < -0.39 is 0 Å². The summed E-state index contributed by atoms with van der Waals surface area (Å²) >= 11 is 2.84. The molecule has 1 N–H and O–H groups in total. The molecule has 1 saturated heterocycles. The first-order valence-corrected chi connectivity index (χ1v) is 7.87. The molecule has 0 spiro atoms. The molecule has 2 aromatic rings. The Bertz CT molecular complexity index is 585. The number of rotatable bonds is 5. The Balaban J connectivity index is 1.55. The molecule has 2 aromatic heterocycles. The van der Waals surface area contributed by atoms with Crippen molar-refractivity contribution in [2.45, 2.75) is 35.6 Å². The van der Waals surface area contributed by atoms with Crippen LogP contribution in [-0.2, 0) is 16.1 Å². The maximum atomic E-state index is 11.6. The van der Waals surface area contributed by atoms with Crippen LogP contribution >= 0.6 is 23.1 Å². The SMILES string of the molecule is CC1CC(Sc2nnc(NCc3ccco3)s2)C(=O)O1. The second-order valence-electron chi connectivity index (χ2n) is 4.40. The van der Waals surface area contributed by atoms with Gasteiger partial charge in [0.25, 0.3) is 0 Å². The van der Waals surface area contributed by atoms with Gasteiger partial charge in [-0.15, -0.1) is 10.2 Å². The number of esters is 1. The Hall–Kier alpha value is -1.54. The Morgan fingerprint density at radius 2 is 2.45 bits per heavy atom. The fourth-order valence-corrected chi connectivity index (χ4v) is 3.94. The smallest absolute Gasteiger partial charge is 0.319 e. The standard InChI is InChI=1S/C12H13N3O3S2/c1-7-5-9(10(16)18-7)19-12-15-14-11(20-12)13-6-8-3-2-4-17-8/h2-4,7,9H,5-6H2,1H3,(H,13,14). The third-order valence-electron chi connectivity index (χ3n) is 2.77. The average Bonchev–Trinajstić information content (AvgIpc) is 3.11. The van der Waals surface area contributed by atoms with Crippen LogP contribution in [-0.4, -0.2) is 27.5 Å². The van der Waals surface area contributed by atoms with E-state index in [0.717, 1.165) is 16.5 Å². The third kappa shape index (κ3) is 3.13. The molecule has 6 nitrogen and oxygen atoms in total. The summed E-state index contributed by atoms with van der Waals surface area (Å²) in [7, 11) is 0. The molecule has 0 aromatic carbocycles. The number of nitrogens with one attached hydrogen (secondary N) is 1. The summed E-state index contributed by atoms with van der Waals surface area (Å²) in [4.78, 5) is 11.6. The van der Waals surface area contributed by atoms with Gasteiger partial charge in [0, 0.05) is 6.42 Å². The molecule has 8 heteroatoms. The molecule has 0 radical (unpaired) electrons. The van der Waals surface area contributed by atoms with E-state index in [-0.39, 0.29) is 17.3 Å². The molecule has 3 rings (SSSR count). The summed E-state index contributed by atoms with van der Waals surface area (Å²) in [6, 6.07) is 3.73. The first-order valence-electron chi connectivity index (χ1n) is 6.17. The number of nitrogens with zero attached hydrogens (tertiary/aromatic N) is 2. The molecular weight excluding hydrogens is 298 g/mol. The lowest BCUT2D eigenvalue weighted by Gasteiger charge is -1.99. The number of ether oxygens (including phenoxy) is 1. The Morgan fingerprint density at radius 1 is 1.55 bits per heavy atom. The molecule has 0 aliphatic carbocycles. The van der Waals surface area contributed by atoms with Crippen molar-refractivity contribution in [2.75, 3.05) is 5.32 Å². The first-order chi connectivity index (χ1) is 9.70. The van der Waals surface area contributed by atoms with Gasteiger partial charge in [-0.3, -0.25) is 4.79 Å². The van der Waals surface area contributed by atoms with Gasteiger partial charge in [0.05, 0.1) is 12.8 Å². The molecular formula is C12H13N3O3S2. The van der Waals surface area contributed by atoms with Crippen LogP contribution in [0, 0.1) is 0 Å². The van der Waals surface area contributed by atoms with Crippen LogP contribution < -0.4 is 5.32 Å². The topological polar surface area (TPSA) is 77.3 Å². The highest BCUT2D eigenvalue weighted by molar-refractivity contribution is 8.02. The summed E-state index contributed by atoms with van der Waals surface area (Å²) in [6.07, 6.45) is 2.34. The summed E-state index contributed by atoms with van der Waals surface area (Å²) in [5.74, 6) is 0.672. The van der Waals surface area contributed by atoms with Crippen molar-refractivity contribution in [2.24, 2.45) is 0 Å². The molecule has 1 aliphatic heterocycles. The summed E-state index contributed by atoms with van der Waals surface area (Å²) in [6.45, 7) is 2.46. The van der Waals surface area contributed by atoms with Gasteiger partial charge in [0.1, 0.15) is 17.1 Å². The molecule has 1 fully saturated rings. The van der Waals surface area contributed by atoms with E-state index in [9.17, 15) is 4.79 Å². The minimum atomic E-state index is -0.170. The molecule has 2 atom stereocenters. The Kier molecular flexibility index (Phi) is 3.93. The second-order valence-corrected chi connectivity index (χ2v) is 6.82. The number of furan rings is 1. The molecule has 2 unspecified atom stereocenters. The van der Waals surface area contributed by atoms with Crippen molar-refractivity contribution in [3.63, 3.8) is 0 Å². The largest absolute Gasteiger partial charge is 0.467 e. The van der Waals surface area contributed by atoms with Gasteiger partial charge in [-0.2, -0.15) is 0 Å². The second kappa shape index (κ2) is 5.84. The number of aromatic nitrogens is 2. The average molecular weight is 311 g/mol. The maximum absolute atomic E-state index is 11.6. The lowest BCUT2D eigenvalue weighted by Crippen LogP contribution is -2.08. The van der Waals surface area contributed by atoms with Crippen molar-refractivity contribution in [1.29, 1.82) is 0 Å². The van der Waals surface area contributed by atoms with Gasteiger partial charge in [0.2, 0.25) is 5.13 Å². The van der Waals surface area contributed by atoms with Crippen LogP contribution in [0.3, 0.4) is 0 Å². The van der Waals surface area contributed by atoms with Gasteiger partial charge in [-0.1, -0.05) is 23.1 Å². The van der Waals surface area contributed by atoms with Crippen molar-refractivity contribution < 1.29 is 13.9 Å². The lowest BCUT2D eigenvalue weighted by molar-refractivity contribution is -0.140. The van der Waals surface area contributed by atoms with E-state index in [1.54, 1.807) is 6.26 Å². The van der Waals surface area contributed by atoms with Crippen LogP contribution in [0.4, 0.5) is 5.13 Å². The minimum absolute atomic E-state index is 0.00975. The van der Waals surface area contributed by atoms with E-state index in [0.29, 0.717) is 11.7 Å². The molecule has 0 bridgehead atoms. The van der Waals surface area contributed by atoms with Crippen LogP contribution in [0.25, 0.3) is 0 Å². The van der Waals surface area contributed by atoms with Crippen LogP contribution in [0.2, 0.25) is 0 Å². The molecule has 20 heavy (non-hydrogen) atoms. The van der Waals surface area contributed by atoms with E-state index in [1.165, 1.54) is 23.1 Å². The Morgan fingerprint density at radius 3 is 3.15 bits per heavy atom. The zero-order chi connectivity index (χ0) is 13.9. The van der Waals surface area contributed by atoms with Gasteiger partial charge in [-0.25, -0.2) is 0 Å². The van der Waals surface area contributed by atoms with Crippen LogP contribution in [0.1, 0.15) is 19.1 Å². The van der Waals surface area contributed by atoms with Crippen molar-refractivity contribution >= 4 is 34.2 Å². The fraction of sp³-hybridized carbons (Fsp3) is 0.417. The number of carbonyl (C=O) groups excluding carboxylic acids is 1. The van der Waals surface area contributed by atoms with Crippen LogP contribution in [0.5, 0.6) is 0 Å². The number of anilines is 1. The minimum Gasteiger partial charge on any atom is -0.467 e. The van der Waals surface area contributed by atoms with Crippen molar-refractivity contribution in [1.82, 2.24) is 10.2 Å². The van der Waals surface area contributed by atoms with E-state index in [4.69, 9.17) is 9.15 Å². The maximum Gasteiger partial charge on any atom is 0.319 e. The highest BCUT2D eigenvalue weighted by Gasteiger charge is 2.33. The van der Waals surface area contributed by atoms with E-state index in [2.05, 4.69) is 15.5 Å².